The Morgan fingerprint density at radius 1 is 1.18 bits per heavy atom. The molecule has 1 aliphatic carbocycles. The van der Waals surface area contributed by atoms with Gasteiger partial charge in [0.25, 0.3) is 5.91 Å². The molecule has 1 N–H and O–H groups in total. The van der Waals surface area contributed by atoms with Gasteiger partial charge in [0.2, 0.25) is 5.88 Å². The summed E-state index contributed by atoms with van der Waals surface area (Å²) in [5.74, 6) is 0.661. The molecule has 2 fully saturated rings. The predicted molar refractivity (Wildman–Crippen MR) is 108 cm³/mol. The number of nitrogens with zero attached hydrogens (tertiary/aromatic N) is 3. The Kier molecular flexibility index (Phi) is 5.61. The zero-order valence-corrected chi connectivity index (χ0v) is 17.2. The highest BCUT2D eigenvalue weighted by molar-refractivity contribution is 5.96. The molecule has 6 nitrogen and oxygen atoms in total. The number of likely N-dealkylation sites (tertiary alicyclic amines) is 1. The maximum absolute atomic E-state index is 12.8. The summed E-state index contributed by atoms with van der Waals surface area (Å²) in [6.07, 6.45) is 7.17. The van der Waals surface area contributed by atoms with Gasteiger partial charge in [-0.05, 0) is 31.7 Å². The second-order valence-corrected chi connectivity index (χ2v) is 9.38. The summed E-state index contributed by atoms with van der Waals surface area (Å²) in [5.41, 5.74) is 1.22. The number of hydrogen-bond acceptors (Lipinski definition) is 5. The molecule has 1 aromatic rings. The number of rotatable bonds is 6. The van der Waals surface area contributed by atoms with Gasteiger partial charge in [-0.1, -0.05) is 20.3 Å². The number of carbonyl (C=O) groups excluding carboxylic acids is 1. The van der Waals surface area contributed by atoms with Crippen LogP contribution >= 0.6 is 0 Å². The van der Waals surface area contributed by atoms with E-state index in [1.807, 2.05) is 30.9 Å². The number of aliphatic hydroxyl groups is 1. The van der Waals surface area contributed by atoms with Gasteiger partial charge in [0, 0.05) is 56.7 Å². The molecule has 0 aromatic carbocycles. The van der Waals surface area contributed by atoms with Crippen LogP contribution in [0, 0.1) is 5.41 Å². The molecule has 1 saturated carbocycles. The minimum Gasteiger partial charge on any atom is -0.474 e. The van der Waals surface area contributed by atoms with E-state index in [-0.39, 0.29) is 24.0 Å². The number of amides is 1. The predicted octanol–water partition coefficient (Wildman–Crippen LogP) is 2.49. The molecule has 4 rings (SSSR count). The van der Waals surface area contributed by atoms with Crippen LogP contribution in [-0.2, 0) is 6.42 Å². The highest BCUT2D eigenvalue weighted by Crippen LogP contribution is 2.29. The largest absolute Gasteiger partial charge is 0.474 e. The summed E-state index contributed by atoms with van der Waals surface area (Å²) in [6.45, 7) is 7.45. The minimum atomic E-state index is -0.294. The molecule has 1 aromatic heterocycles. The Morgan fingerprint density at radius 3 is 2.57 bits per heavy atom. The average Bonchev–Trinajstić information content (AvgIpc) is 2.64. The van der Waals surface area contributed by atoms with E-state index in [1.165, 1.54) is 19.3 Å². The molecule has 1 saturated heterocycles. The number of fused-ring (bicyclic) bond motifs is 1. The topological polar surface area (TPSA) is 65.9 Å². The first kappa shape index (κ1) is 19.6. The van der Waals surface area contributed by atoms with Crippen LogP contribution in [0.4, 0.5) is 0 Å². The molecule has 2 aliphatic heterocycles. The zero-order chi connectivity index (χ0) is 19.7. The quantitative estimate of drug-likeness (QED) is 0.812. The van der Waals surface area contributed by atoms with Crippen molar-refractivity contribution in [2.24, 2.45) is 5.41 Å². The number of aliphatic hydroxyl groups excluding tert-OH is 1. The third-order valence-electron chi connectivity index (χ3n) is 6.49. The summed E-state index contributed by atoms with van der Waals surface area (Å²) in [7, 11) is 0. The van der Waals surface area contributed by atoms with Gasteiger partial charge in [-0.2, -0.15) is 0 Å². The smallest absolute Gasteiger partial charge is 0.255 e. The summed E-state index contributed by atoms with van der Waals surface area (Å²) < 4.78 is 6.17. The molecular formula is C22H33N3O3. The first-order valence-electron chi connectivity index (χ1n) is 10.8. The van der Waals surface area contributed by atoms with E-state index in [2.05, 4.69) is 9.88 Å². The lowest BCUT2D eigenvalue weighted by molar-refractivity contribution is 0.0471. The molecule has 0 radical (unpaired) electrons. The van der Waals surface area contributed by atoms with Gasteiger partial charge in [-0.15, -0.1) is 0 Å². The summed E-state index contributed by atoms with van der Waals surface area (Å²) in [4.78, 5) is 21.9. The van der Waals surface area contributed by atoms with Crippen molar-refractivity contribution in [1.29, 1.82) is 0 Å². The SMILES string of the molecule is CC(C)(CO)CN1CCc2nc(OC3CCN(C4CCC4)CC3)ccc2C1=O. The van der Waals surface area contributed by atoms with Gasteiger partial charge in [-0.3, -0.25) is 4.79 Å². The molecule has 0 atom stereocenters. The van der Waals surface area contributed by atoms with E-state index in [0.29, 0.717) is 24.5 Å². The van der Waals surface area contributed by atoms with Gasteiger partial charge in [0.1, 0.15) is 6.10 Å². The molecular weight excluding hydrogens is 354 g/mol. The van der Waals surface area contributed by atoms with E-state index in [9.17, 15) is 9.90 Å². The van der Waals surface area contributed by atoms with Crippen LogP contribution < -0.4 is 4.74 Å². The highest BCUT2D eigenvalue weighted by atomic mass is 16.5. The first-order valence-corrected chi connectivity index (χ1v) is 10.8. The molecule has 154 valence electrons. The van der Waals surface area contributed by atoms with E-state index < -0.39 is 0 Å². The summed E-state index contributed by atoms with van der Waals surface area (Å²) in [5, 5.41) is 9.49. The summed E-state index contributed by atoms with van der Waals surface area (Å²) in [6, 6.07) is 4.52. The number of hydrogen-bond donors (Lipinski definition) is 1. The molecule has 1 amide bonds. The zero-order valence-electron chi connectivity index (χ0n) is 17.2. The Balaban J connectivity index is 1.35. The van der Waals surface area contributed by atoms with Crippen LogP contribution in [0.3, 0.4) is 0 Å². The number of carbonyl (C=O) groups is 1. The number of pyridine rings is 1. The van der Waals surface area contributed by atoms with Gasteiger partial charge in [0.05, 0.1) is 11.3 Å². The Bertz CT molecular complexity index is 709. The molecule has 0 unspecified atom stereocenters. The standard InChI is InChI=1S/C22H33N3O3/c1-22(2,15-26)14-25-13-10-19-18(21(25)27)6-7-20(23-19)28-17-8-11-24(12-9-17)16-4-3-5-16/h6-7,16-17,26H,3-5,8-15H2,1-2H3. The molecule has 6 heteroatoms. The van der Waals surface area contributed by atoms with Gasteiger partial charge >= 0.3 is 0 Å². The third kappa shape index (κ3) is 4.18. The van der Waals surface area contributed by atoms with Gasteiger partial charge in [0.15, 0.2) is 0 Å². The maximum atomic E-state index is 12.8. The highest BCUT2D eigenvalue weighted by Gasteiger charge is 2.32. The van der Waals surface area contributed by atoms with Crippen LogP contribution in [-0.4, -0.2) is 70.7 Å². The van der Waals surface area contributed by atoms with Crippen molar-refractivity contribution in [3.63, 3.8) is 0 Å². The minimum absolute atomic E-state index is 0.00984. The molecule has 28 heavy (non-hydrogen) atoms. The second-order valence-electron chi connectivity index (χ2n) is 9.38. The molecule has 3 heterocycles. The lowest BCUT2D eigenvalue weighted by Gasteiger charge is -2.41. The fraction of sp³-hybridized carbons (Fsp3) is 0.727. The van der Waals surface area contributed by atoms with Crippen molar-refractivity contribution in [1.82, 2.24) is 14.8 Å². The molecule has 0 bridgehead atoms. The number of aromatic nitrogens is 1. The third-order valence-corrected chi connectivity index (χ3v) is 6.49. The lowest BCUT2D eigenvalue weighted by atomic mass is 9.90. The molecule has 3 aliphatic rings. The number of piperidine rings is 1. The summed E-state index contributed by atoms with van der Waals surface area (Å²) >= 11 is 0. The van der Waals surface area contributed by atoms with Crippen LogP contribution in [0.15, 0.2) is 12.1 Å². The van der Waals surface area contributed by atoms with Crippen molar-refractivity contribution in [2.75, 3.05) is 32.8 Å². The normalized spacial score (nSPS) is 22.1. The van der Waals surface area contributed by atoms with E-state index in [0.717, 1.165) is 44.1 Å². The Hall–Kier alpha value is -1.66. The Morgan fingerprint density at radius 2 is 1.93 bits per heavy atom. The van der Waals surface area contributed by atoms with Gasteiger partial charge in [-0.25, -0.2) is 4.98 Å². The first-order chi connectivity index (χ1) is 13.4. The maximum Gasteiger partial charge on any atom is 0.255 e. The molecule has 0 spiro atoms. The number of ether oxygens (including phenoxy) is 1. The monoisotopic (exact) mass is 387 g/mol. The Labute approximate surface area is 167 Å². The van der Waals surface area contributed by atoms with E-state index >= 15 is 0 Å². The lowest BCUT2D eigenvalue weighted by Crippen LogP contribution is -2.47. The van der Waals surface area contributed by atoms with Crippen LogP contribution in [0.25, 0.3) is 0 Å². The van der Waals surface area contributed by atoms with Crippen molar-refractivity contribution < 1.29 is 14.6 Å². The van der Waals surface area contributed by atoms with Crippen LogP contribution in [0.5, 0.6) is 5.88 Å². The second kappa shape index (κ2) is 7.99. The van der Waals surface area contributed by atoms with E-state index in [4.69, 9.17) is 4.74 Å². The van der Waals surface area contributed by atoms with Crippen LogP contribution in [0.2, 0.25) is 0 Å². The fourth-order valence-electron chi connectivity index (χ4n) is 4.44. The van der Waals surface area contributed by atoms with Crippen molar-refractivity contribution in [3.05, 3.63) is 23.4 Å². The van der Waals surface area contributed by atoms with Crippen molar-refractivity contribution in [2.45, 2.75) is 64.5 Å². The van der Waals surface area contributed by atoms with E-state index in [1.54, 1.807) is 0 Å². The van der Waals surface area contributed by atoms with Crippen molar-refractivity contribution >= 4 is 5.91 Å². The van der Waals surface area contributed by atoms with Crippen LogP contribution in [0.1, 0.15) is 62.0 Å². The average molecular weight is 388 g/mol. The van der Waals surface area contributed by atoms with Gasteiger partial charge < -0.3 is 19.6 Å². The fourth-order valence-corrected chi connectivity index (χ4v) is 4.44. The van der Waals surface area contributed by atoms with Crippen molar-refractivity contribution in [3.8, 4) is 5.88 Å².